The van der Waals surface area contributed by atoms with Crippen LogP contribution < -0.4 is 5.32 Å². The van der Waals surface area contributed by atoms with Crippen molar-refractivity contribution in [1.82, 2.24) is 5.32 Å². The topological polar surface area (TPSA) is 29.1 Å². The molecule has 1 heterocycles. The predicted octanol–water partition coefficient (Wildman–Crippen LogP) is 5.22. The van der Waals surface area contributed by atoms with Gasteiger partial charge in [0.1, 0.15) is 5.78 Å². The molecule has 4 heteroatoms. The molecule has 0 aliphatic carbocycles. The molecule has 2 nitrogen and oxygen atoms in total. The second-order valence-corrected chi connectivity index (χ2v) is 7.08. The second-order valence-electron chi connectivity index (χ2n) is 6.20. The number of hydrogen-bond acceptors (Lipinski definition) is 2. The monoisotopic (exact) mass is 347 g/mol. The number of nitrogens with one attached hydrogen (secondary N) is 1. The van der Waals surface area contributed by atoms with Gasteiger partial charge < -0.3 is 5.32 Å². The van der Waals surface area contributed by atoms with E-state index in [0.717, 1.165) is 11.1 Å². The zero-order valence-corrected chi connectivity index (χ0v) is 14.6. The standard InChI is InChI=1S/C19H19Cl2NO/c1-11-17(13-3-7-15(20)8-4-13)22-18(12(2)19(11)23)14-5-9-16(21)10-6-14/h3-12,17-18,22H,1-2H3/t11-,12+,17+,18-. The highest BCUT2D eigenvalue weighted by Crippen LogP contribution is 2.38. The van der Waals surface area contributed by atoms with Crippen molar-refractivity contribution in [2.45, 2.75) is 25.9 Å². The van der Waals surface area contributed by atoms with E-state index >= 15 is 0 Å². The summed E-state index contributed by atoms with van der Waals surface area (Å²) in [5.74, 6) is 0.133. The molecule has 2 aromatic carbocycles. The minimum absolute atomic E-state index is 0.0170. The van der Waals surface area contributed by atoms with Gasteiger partial charge in [0.25, 0.3) is 0 Å². The minimum Gasteiger partial charge on any atom is -0.302 e. The maximum absolute atomic E-state index is 12.7. The average molecular weight is 348 g/mol. The number of Topliss-reactive ketones (excluding diaryl/α,β-unsaturated/α-hetero) is 1. The van der Waals surface area contributed by atoms with Crippen molar-refractivity contribution >= 4 is 29.0 Å². The number of carbonyl (C=O) groups is 1. The van der Waals surface area contributed by atoms with Crippen molar-refractivity contribution in [3.8, 4) is 0 Å². The van der Waals surface area contributed by atoms with E-state index in [4.69, 9.17) is 23.2 Å². The van der Waals surface area contributed by atoms with Crippen molar-refractivity contribution < 1.29 is 4.79 Å². The summed E-state index contributed by atoms with van der Waals surface area (Å²) in [6.07, 6.45) is 0. The van der Waals surface area contributed by atoms with Crippen LogP contribution in [-0.4, -0.2) is 5.78 Å². The van der Waals surface area contributed by atoms with Gasteiger partial charge in [-0.15, -0.1) is 0 Å². The predicted molar refractivity (Wildman–Crippen MR) is 94.9 cm³/mol. The van der Waals surface area contributed by atoms with Gasteiger partial charge in [0.2, 0.25) is 0 Å². The van der Waals surface area contributed by atoms with Crippen LogP contribution in [0.1, 0.15) is 37.1 Å². The molecule has 0 radical (unpaired) electrons. The third-order valence-electron chi connectivity index (χ3n) is 4.71. The van der Waals surface area contributed by atoms with Gasteiger partial charge in [-0.2, -0.15) is 0 Å². The lowest BCUT2D eigenvalue weighted by molar-refractivity contribution is -0.130. The summed E-state index contributed by atoms with van der Waals surface area (Å²) in [5.41, 5.74) is 2.17. The third kappa shape index (κ3) is 3.30. The summed E-state index contributed by atoms with van der Waals surface area (Å²) in [6.45, 7) is 3.98. The van der Waals surface area contributed by atoms with Crippen LogP contribution in [0.25, 0.3) is 0 Å². The van der Waals surface area contributed by atoms with Crippen LogP contribution in [0.5, 0.6) is 0 Å². The van der Waals surface area contributed by atoms with E-state index in [2.05, 4.69) is 5.32 Å². The van der Waals surface area contributed by atoms with Crippen LogP contribution in [-0.2, 0) is 4.79 Å². The van der Waals surface area contributed by atoms with Crippen molar-refractivity contribution in [3.63, 3.8) is 0 Å². The number of ketones is 1. The first-order valence-corrected chi connectivity index (χ1v) is 8.53. The van der Waals surface area contributed by atoms with Crippen molar-refractivity contribution in [2.24, 2.45) is 11.8 Å². The van der Waals surface area contributed by atoms with Crippen LogP contribution in [0, 0.1) is 11.8 Å². The van der Waals surface area contributed by atoms with E-state index in [1.807, 2.05) is 62.4 Å². The summed E-state index contributed by atoms with van der Waals surface area (Å²) in [5, 5.41) is 5.05. The lowest BCUT2D eigenvalue weighted by Gasteiger charge is -2.39. The van der Waals surface area contributed by atoms with E-state index in [1.54, 1.807) is 0 Å². The van der Waals surface area contributed by atoms with Crippen LogP contribution >= 0.6 is 23.2 Å². The number of rotatable bonds is 2. The van der Waals surface area contributed by atoms with Gasteiger partial charge in [0.15, 0.2) is 0 Å². The zero-order valence-electron chi connectivity index (χ0n) is 13.1. The molecule has 0 bridgehead atoms. The summed E-state index contributed by atoms with van der Waals surface area (Å²) in [6, 6.07) is 15.4. The van der Waals surface area contributed by atoms with Crippen LogP contribution in [0.15, 0.2) is 48.5 Å². The first-order valence-electron chi connectivity index (χ1n) is 7.78. The number of benzene rings is 2. The molecule has 1 saturated heterocycles. The van der Waals surface area contributed by atoms with Crippen LogP contribution in [0.4, 0.5) is 0 Å². The highest BCUT2D eigenvalue weighted by Gasteiger charge is 2.40. The Bertz CT molecular complexity index is 637. The molecule has 0 saturated carbocycles. The van der Waals surface area contributed by atoms with E-state index in [1.165, 1.54) is 0 Å². The Balaban J connectivity index is 1.94. The first-order chi connectivity index (χ1) is 11.0. The molecule has 23 heavy (non-hydrogen) atoms. The molecule has 4 atom stereocenters. The fraction of sp³-hybridized carbons (Fsp3) is 0.316. The van der Waals surface area contributed by atoms with Crippen molar-refractivity contribution in [3.05, 3.63) is 69.7 Å². The molecule has 3 rings (SSSR count). The molecule has 0 unspecified atom stereocenters. The lowest BCUT2D eigenvalue weighted by atomic mass is 9.76. The Morgan fingerprint density at radius 2 is 1.09 bits per heavy atom. The van der Waals surface area contributed by atoms with Gasteiger partial charge in [-0.05, 0) is 35.4 Å². The molecule has 0 amide bonds. The smallest absolute Gasteiger partial charge is 0.142 e. The molecular formula is C19H19Cl2NO. The number of piperidine rings is 1. The third-order valence-corrected chi connectivity index (χ3v) is 5.22. The Morgan fingerprint density at radius 1 is 0.739 bits per heavy atom. The quantitative estimate of drug-likeness (QED) is 0.806. The Morgan fingerprint density at radius 3 is 1.43 bits per heavy atom. The Kier molecular flexibility index (Phi) is 4.77. The largest absolute Gasteiger partial charge is 0.302 e. The fourth-order valence-electron chi connectivity index (χ4n) is 3.34. The molecule has 0 aromatic heterocycles. The fourth-order valence-corrected chi connectivity index (χ4v) is 3.59. The highest BCUT2D eigenvalue weighted by atomic mass is 35.5. The van der Waals surface area contributed by atoms with E-state index in [-0.39, 0.29) is 29.7 Å². The molecule has 1 aliphatic rings. The molecule has 120 valence electrons. The van der Waals surface area contributed by atoms with Gasteiger partial charge in [0, 0.05) is 34.0 Å². The van der Waals surface area contributed by atoms with Gasteiger partial charge in [0.05, 0.1) is 0 Å². The van der Waals surface area contributed by atoms with Crippen molar-refractivity contribution in [1.29, 1.82) is 0 Å². The SMILES string of the molecule is C[C@@H]1C(=O)[C@H](C)[C@@H](c2ccc(Cl)cc2)N[C@H]1c1ccc(Cl)cc1. The highest BCUT2D eigenvalue weighted by molar-refractivity contribution is 6.30. The first kappa shape index (κ1) is 16.5. The minimum atomic E-state index is -0.0743. The van der Waals surface area contributed by atoms with E-state index < -0.39 is 0 Å². The zero-order chi connectivity index (χ0) is 16.6. The summed E-state index contributed by atoms with van der Waals surface area (Å²) < 4.78 is 0. The molecule has 1 N–H and O–H groups in total. The van der Waals surface area contributed by atoms with Gasteiger partial charge in [-0.25, -0.2) is 0 Å². The Hall–Kier alpha value is -1.35. The van der Waals surface area contributed by atoms with E-state index in [0.29, 0.717) is 10.0 Å². The molecule has 2 aromatic rings. The maximum atomic E-state index is 12.7. The second kappa shape index (κ2) is 6.64. The summed E-state index contributed by atoms with van der Waals surface area (Å²) in [7, 11) is 0. The number of hydrogen-bond donors (Lipinski definition) is 1. The number of halogens is 2. The van der Waals surface area contributed by atoms with Crippen LogP contribution in [0.2, 0.25) is 10.0 Å². The van der Waals surface area contributed by atoms with Crippen molar-refractivity contribution in [2.75, 3.05) is 0 Å². The molecular weight excluding hydrogens is 329 g/mol. The van der Waals surface area contributed by atoms with Gasteiger partial charge >= 0.3 is 0 Å². The normalized spacial score (nSPS) is 27.9. The summed E-state index contributed by atoms with van der Waals surface area (Å²) >= 11 is 12.0. The molecule has 0 spiro atoms. The van der Waals surface area contributed by atoms with Crippen LogP contribution in [0.3, 0.4) is 0 Å². The average Bonchev–Trinajstić information content (AvgIpc) is 2.55. The lowest BCUT2D eigenvalue weighted by Crippen LogP contribution is -2.46. The maximum Gasteiger partial charge on any atom is 0.142 e. The number of carbonyl (C=O) groups excluding carboxylic acids is 1. The van der Waals surface area contributed by atoms with Gasteiger partial charge in [-0.3, -0.25) is 4.79 Å². The Labute approximate surface area is 146 Å². The summed E-state index contributed by atoms with van der Waals surface area (Å²) in [4.78, 5) is 12.7. The van der Waals surface area contributed by atoms with E-state index in [9.17, 15) is 4.79 Å². The molecule has 1 aliphatic heterocycles. The molecule has 1 fully saturated rings. The van der Waals surface area contributed by atoms with Gasteiger partial charge in [-0.1, -0.05) is 61.3 Å².